The van der Waals surface area contributed by atoms with Gasteiger partial charge in [0.15, 0.2) is 5.84 Å². The van der Waals surface area contributed by atoms with Gasteiger partial charge in [-0.3, -0.25) is 0 Å². The maximum atomic E-state index is 9.74. The van der Waals surface area contributed by atoms with Crippen LogP contribution in [0.25, 0.3) is 0 Å². The minimum Gasteiger partial charge on any atom is -0.396 e. The molecule has 24 heavy (non-hydrogen) atoms. The number of aromatic nitrogens is 2. The molecule has 0 saturated carbocycles. The fourth-order valence-corrected chi connectivity index (χ4v) is 2.99. The molecule has 0 aromatic carbocycles. The highest BCUT2D eigenvalue weighted by atomic mass is 16.3. The molecule has 2 unspecified atom stereocenters. The van der Waals surface area contributed by atoms with Gasteiger partial charge in [0.2, 0.25) is 0 Å². The second-order valence-electron chi connectivity index (χ2n) is 6.08. The van der Waals surface area contributed by atoms with Crippen LogP contribution in [-0.2, 0) is 6.54 Å². The summed E-state index contributed by atoms with van der Waals surface area (Å²) in [5.74, 6) is 1.52. The Morgan fingerprint density at radius 3 is 2.75 bits per heavy atom. The van der Waals surface area contributed by atoms with Gasteiger partial charge in [0.25, 0.3) is 0 Å². The minimum atomic E-state index is -0.411. The number of rotatable bonds is 2. The summed E-state index contributed by atoms with van der Waals surface area (Å²) >= 11 is 0. The summed E-state index contributed by atoms with van der Waals surface area (Å²) in [5.41, 5.74) is 20.0. The van der Waals surface area contributed by atoms with Gasteiger partial charge >= 0.3 is 0 Å². The van der Waals surface area contributed by atoms with Crippen LogP contribution < -0.4 is 17.2 Å². The lowest BCUT2D eigenvalue weighted by atomic mass is 10.1. The number of nitrogens with two attached hydrogens (primary N) is 3. The summed E-state index contributed by atoms with van der Waals surface area (Å²) in [7, 11) is 0. The molecule has 130 valence electrons. The van der Waals surface area contributed by atoms with E-state index >= 15 is 0 Å². The van der Waals surface area contributed by atoms with Crippen LogP contribution in [0.15, 0.2) is 21.8 Å². The predicted octanol–water partition coefficient (Wildman–Crippen LogP) is -0.528. The molecule has 7 N–H and O–H groups in total. The van der Waals surface area contributed by atoms with Crippen LogP contribution in [-0.4, -0.2) is 56.7 Å². The number of aryl methyl sites for hydroxylation is 2. The van der Waals surface area contributed by atoms with E-state index in [4.69, 9.17) is 17.2 Å². The summed E-state index contributed by atoms with van der Waals surface area (Å²) in [6, 6.07) is -0.411. The summed E-state index contributed by atoms with van der Waals surface area (Å²) in [5, 5.41) is 14.1. The molecule has 2 aliphatic rings. The lowest BCUT2D eigenvalue weighted by molar-refractivity contribution is 0.188. The van der Waals surface area contributed by atoms with E-state index in [1.165, 1.54) is 0 Å². The molecule has 0 bridgehead atoms. The summed E-state index contributed by atoms with van der Waals surface area (Å²) < 4.78 is 1.69. The van der Waals surface area contributed by atoms with E-state index < -0.39 is 6.04 Å². The van der Waals surface area contributed by atoms with Crippen molar-refractivity contribution in [1.82, 2.24) is 14.7 Å². The average Bonchev–Trinajstić information content (AvgIpc) is 3.07. The number of aliphatic hydroxyl groups is 1. The molecule has 0 spiro atoms. The van der Waals surface area contributed by atoms with Gasteiger partial charge in [-0.2, -0.15) is 5.10 Å². The number of β-amino-alcohol motifs (C(OH)–C–C–N with tert-alkyl or cyclic N) is 1. The monoisotopic (exact) mass is 332 g/mol. The Morgan fingerprint density at radius 2 is 2.17 bits per heavy atom. The topological polar surface area (TPSA) is 144 Å². The van der Waals surface area contributed by atoms with Crippen molar-refractivity contribution in [2.45, 2.75) is 39.0 Å². The number of nitrogen functional groups attached to an aromatic ring is 1. The Labute approximate surface area is 140 Å². The molecule has 9 nitrogen and oxygen atoms in total. The number of anilines is 1. The molecule has 0 radical (unpaired) electrons. The van der Waals surface area contributed by atoms with E-state index in [9.17, 15) is 5.11 Å². The van der Waals surface area contributed by atoms with Crippen molar-refractivity contribution in [3.05, 3.63) is 17.5 Å². The van der Waals surface area contributed by atoms with Gasteiger partial charge in [-0.25, -0.2) is 14.7 Å². The zero-order valence-electron chi connectivity index (χ0n) is 14.0. The molecule has 1 saturated heterocycles. The third kappa shape index (κ3) is 2.87. The molecule has 1 aromatic rings. The molecule has 3 rings (SSSR count). The highest BCUT2D eigenvalue weighted by molar-refractivity contribution is 6.11. The normalized spacial score (nSPS) is 26.0. The van der Waals surface area contributed by atoms with Crippen LogP contribution in [0.4, 0.5) is 11.5 Å². The van der Waals surface area contributed by atoms with Crippen molar-refractivity contribution in [3.8, 4) is 0 Å². The first kappa shape index (κ1) is 16.5. The first-order valence-electron chi connectivity index (χ1n) is 8.07. The third-order valence-corrected chi connectivity index (χ3v) is 4.27. The fourth-order valence-electron chi connectivity index (χ4n) is 2.99. The lowest BCUT2D eigenvalue weighted by Crippen LogP contribution is -2.45. The van der Waals surface area contributed by atoms with Crippen LogP contribution >= 0.6 is 0 Å². The highest BCUT2D eigenvalue weighted by Gasteiger charge is 2.29. The van der Waals surface area contributed by atoms with E-state index in [1.807, 2.05) is 18.7 Å². The van der Waals surface area contributed by atoms with Crippen LogP contribution in [0.1, 0.15) is 19.0 Å². The smallest absolute Gasteiger partial charge is 0.177 e. The Balaban J connectivity index is 1.98. The second-order valence-corrected chi connectivity index (χ2v) is 6.08. The second kappa shape index (κ2) is 6.25. The van der Waals surface area contributed by atoms with Gasteiger partial charge in [0, 0.05) is 19.6 Å². The third-order valence-electron chi connectivity index (χ3n) is 4.27. The van der Waals surface area contributed by atoms with Crippen LogP contribution in [0.3, 0.4) is 0 Å². The van der Waals surface area contributed by atoms with Crippen molar-refractivity contribution in [2.24, 2.45) is 21.5 Å². The maximum absolute atomic E-state index is 9.74. The number of dihydropyridines is 1. The fraction of sp³-hybridized carbons (Fsp3) is 0.533. The molecule has 9 heteroatoms. The molecule has 1 fully saturated rings. The van der Waals surface area contributed by atoms with Gasteiger partial charge in [0.05, 0.1) is 23.5 Å². The molecule has 0 amide bonds. The lowest BCUT2D eigenvalue weighted by Gasteiger charge is -2.26. The SMILES string of the molecule is CCn1nc(C)c(N=C2N=C(N3CCC(O)C3)C(N)C=C2N)c1N. The maximum Gasteiger partial charge on any atom is 0.177 e. The number of hydrogen-bond donors (Lipinski definition) is 4. The van der Waals surface area contributed by atoms with E-state index in [2.05, 4.69) is 15.1 Å². The van der Waals surface area contributed by atoms with E-state index in [1.54, 1.807) is 10.8 Å². The Morgan fingerprint density at radius 1 is 1.42 bits per heavy atom. The summed E-state index contributed by atoms with van der Waals surface area (Å²) in [6.07, 6.45) is 2.07. The van der Waals surface area contributed by atoms with Gasteiger partial charge in [-0.05, 0) is 26.3 Å². The number of likely N-dealkylation sites (tertiary alicyclic amines) is 1. The Kier molecular flexibility index (Phi) is 4.29. The number of aliphatic imine (C=N–C) groups is 2. The number of aliphatic hydroxyl groups excluding tert-OH is 1. The Bertz CT molecular complexity index is 732. The standard InChI is InChI=1S/C15H24N8O/c1-3-23-13(18)12(8(2)21-23)19-14-10(16)6-11(17)15(20-14)22-5-4-9(24)7-22/h6,9,11,24H,3-5,7,16-18H2,1-2H3. The van der Waals surface area contributed by atoms with Crippen molar-refractivity contribution >= 4 is 23.2 Å². The molecular formula is C15H24N8O. The predicted molar refractivity (Wildman–Crippen MR) is 94.0 cm³/mol. The highest BCUT2D eigenvalue weighted by Crippen LogP contribution is 2.27. The molecule has 1 aromatic heterocycles. The van der Waals surface area contributed by atoms with Gasteiger partial charge < -0.3 is 27.2 Å². The number of hydrogen-bond acceptors (Lipinski definition) is 7. The zero-order valence-corrected chi connectivity index (χ0v) is 14.0. The van der Waals surface area contributed by atoms with Crippen molar-refractivity contribution in [3.63, 3.8) is 0 Å². The van der Waals surface area contributed by atoms with Gasteiger partial charge in [0.1, 0.15) is 17.3 Å². The van der Waals surface area contributed by atoms with Crippen LogP contribution in [0.5, 0.6) is 0 Å². The average molecular weight is 332 g/mol. The van der Waals surface area contributed by atoms with Gasteiger partial charge in [-0.1, -0.05) is 0 Å². The molecule has 0 aliphatic carbocycles. The number of amidine groups is 2. The molecule has 2 aliphatic heterocycles. The van der Waals surface area contributed by atoms with Crippen molar-refractivity contribution < 1.29 is 5.11 Å². The first-order valence-corrected chi connectivity index (χ1v) is 8.07. The zero-order chi connectivity index (χ0) is 17.4. The van der Waals surface area contributed by atoms with E-state index in [0.29, 0.717) is 54.9 Å². The first-order chi connectivity index (χ1) is 11.4. The molecule has 2 atom stereocenters. The quantitative estimate of drug-likeness (QED) is 0.573. The van der Waals surface area contributed by atoms with E-state index in [0.717, 1.165) is 5.69 Å². The van der Waals surface area contributed by atoms with Crippen molar-refractivity contribution in [2.75, 3.05) is 18.8 Å². The van der Waals surface area contributed by atoms with E-state index in [-0.39, 0.29) is 6.10 Å². The van der Waals surface area contributed by atoms with Crippen LogP contribution in [0.2, 0.25) is 0 Å². The Hall–Kier alpha value is -2.39. The minimum absolute atomic E-state index is 0.357. The summed E-state index contributed by atoms with van der Waals surface area (Å²) in [4.78, 5) is 11.0. The van der Waals surface area contributed by atoms with Crippen molar-refractivity contribution in [1.29, 1.82) is 0 Å². The van der Waals surface area contributed by atoms with Crippen LogP contribution in [0, 0.1) is 6.92 Å². The summed E-state index contributed by atoms with van der Waals surface area (Å²) in [6.45, 7) is 5.69. The van der Waals surface area contributed by atoms with Gasteiger partial charge in [-0.15, -0.1) is 0 Å². The largest absolute Gasteiger partial charge is 0.396 e. The molecular weight excluding hydrogens is 308 g/mol. The molecule has 3 heterocycles. The number of nitrogens with zero attached hydrogens (tertiary/aromatic N) is 5.